The van der Waals surface area contributed by atoms with Gasteiger partial charge >= 0.3 is 0 Å². The molecule has 0 fully saturated rings. The average Bonchev–Trinajstić information content (AvgIpc) is 2.87. The number of hydrogen-bond donors (Lipinski definition) is 2. The van der Waals surface area contributed by atoms with E-state index < -0.39 is 0 Å². The van der Waals surface area contributed by atoms with Crippen molar-refractivity contribution in [2.45, 2.75) is 79.1 Å². The average molecular weight is 491 g/mol. The number of carbonyl (C=O) groups excluding carboxylic acids is 2. The molecule has 0 spiro atoms. The van der Waals surface area contributed by atoms with E-state index in [1.54, 1.807) is 0 Å². The standard InChI is InChI=1S/C30H42N4O2/c1-23(2)21-27(25-15-9-7-10-16-25)31-33-29(35)19-13-5-6-14-20-30(36)34-32-28(22-24(3)4)26-17-11-8-12-18-26/h7-12,15-18,23-24H,5-6,13-14,19-22H2,1-4H3,(H,33,35)(H,34,36). The first-order valence-corrected chi connectivity index (χ1v) is 13.2. The second-order valence-electron chi connectivity index (χ2n) is 10.0. The van der Waals surface area contributed by atoms with Crippen molar-refractivity contribution < 1.29 is 9.59 Å². The molecule has 2 N–H and O–H groups in total. The highest BCUT2D eigenvalue weighted by Crippen LogP contribution is 2.12. The fourth-order valence-electron chi connectivity index (χ4n) is 3.79. The van der Waals surface area contributed by atoms with Gasteiger partial charge in [-0.15, -0.1) is 0 Å². The van der Waals surface area contributed by atoms with Gasteiger partial charge in [0.25, 0.3) is 0 Å². The summed E-state index contributed by atoms with van der Waals surface area (Å²) in [5.74, 6) is 0.753. The lowest BCUT2D eigenvalue weighted by molar-refractivity contribution is -0.122. The Kier molecular flexibility index (Phi) is 13.2. The number of rotatable bonds is 15. The number of amides is 2. The zero-order valence-corrected chi connectivity index (χ0v) is 22.3. The van der Waals surface area contributed by atoms with Gasteiger partial charge < -0.3 is 0 Å². The number of unbranched alkanes of at least 4 members (excludes halogenated alkanes) is 3. The minimum Gasteiger partial charge on any atom is -0.273 e. The van der Waals surface area contributed by atoms with Gasteiger partial charge in [-0.05, 0) is 48.6 Å². The molecule has 0 radical (unpaired) electrons. The third kappa shape index (κ3) is 11.9. The molecule has 6 nitrogen and oxygen atoms in total. The van der Waals surface area contributed by atoms with Crippen LogP contribution in [-0.4, -0.2) is 23.2 Å². The molecule has 2 aromatic rings. The second-order valence-corrected chi connectivity index (χ2v) is 10.0. The molecule has 0 atom stereocenters. The Bertz CT molecular complexity index is 901. The van der Waals surface area contributed by atoms with Crippen molar-refractivity contribution in [1.82, 2.24) is 10.9 Å². The molecule has 194 valence electrons. The molecule has 0 aromatic heterocycles. The van der Waals surface area contributed by atoms with Crippen molar-refractivity contribution in [2.24, 2.45) is 22.0 Å². The largest absolute Gasteiger partial charge is 0.273 e. The first kappa shape index (κ1) is 29.0. The molecule has 0 saturated carbocycles. The lowest BCUT2D eigenvalue weighted by Gasteiger charge is -2.10. The van der Waals surface area contributed by atoms with Gasteiger partial charge in [-0.1, -0.05) is 101 Å². The maximum Gasteiger partial charge on any atom is 0.240 e. The lowest BCUT2D eigenvalue weighted by atomic mass is 10.0. The first-order chi connectivity index (χ1) is 17.3. The van der Waals surface area contributed by atoms with Crippen molar-refractivity contribution in [3.8, 4) is 0 Å². The van der Waals surface area contributed by atoms with Crippen LogP contribution in [0.1, 0.15) is 90.2 Å². The third-order valence-electron chi connectivity index (χ3n) is 5.61. The van der Waals surface area contributed by atoms with Gasteiger partial charge in [0.2, 0.25) is 11.8 Å². The topological polar surface area (TPSA) is 82.9 Å². The minimum absolute atomic E-state index is 0.0714. The fourth-order valence-corrected chi connectivity index (χ4v) is 3.79. The molecule has 6 heteroatoms. The summed E-state index contributed by atoms with van der Waals surface area (Å²) in [6.07, 6.45) is 5.82. The Morgan fingerprint density at radius 3 is 1.31 bits per heavy atom. The SMILES string of the molecule is CC(C)CC(=NNC(=O)CCCCCCC(=O)NN=C(CC(C)C)c1ccccc1)c1ccccc1. The molecule has 0 unspecified atom stereocenters. The van der Waals surface area contributed by atoms with E-state index in [-0.39, 0.29) is 11.8 Å². The summed E-state index contributed by atoms with van der Waals surface area (Å²) in [4.78, 5) is 24.5. The van der Waals surface area contributed by atoms with Gasteiger partial charge in [-0.2, -0.15) is 10.2 Å². The maximum absolute atomic E-state index is 12.3. The Labute approximate surface area is 216 Å². The van der Waals surface area contributed by atoms with Gasteiger partial charge in [-0.3, -0.25) is 9.59 Å². The van der Waals surface area contributed by atoms with E-state index in [9.17, 15) is 9.59 Å². The van der Waals surface area contributed by atoms with E-state index in [1.807, 2.05) is 60.7 Å². The summed E-state index contributed by atoms with van der Waals surface area (Å²) in [5.41, 5.74) is 9.31. The predicted molar refractivity (Wildman–Crippen MR) is 149 cm³/mol. The molecule has 0 bridgehead atoms. The molecule has 0 aliphatic rings. The molecule has 0 aliphatic heterocycles. The molecule has 0 saturated heterocycles. The molecular formula is C30H42N4O2. The maximum atomic E-state index is 12.3. The smallest absolute Gasteiger partial charge is 0.240 e. The van der Waals surface area contributed by atoms with E-state index >= 15 is 0 Å². The monoisotopic (exact) mass is 490 g/mol. The zero-order valence-electron chi connectivity index (χ0n) is 22.3. The predicted octanol–water partition coefficient (Wildman–Crippen LogP) is 6.46. The van der Waals surface area contributed by atoms with Crippen molar-refractivity contribution in [3.05, 3.63) is 71.8 Å². The summed E-state index contributed by atoms with van der Waals surface area (Å²) in [6, 6.07) is 19.9. The van der Waals surface area contributed by atoms with Crippen LogP contribution in [0.3, 0.4) is 0 Å². The van der Waals surface area contributed by atoms with Crippen LogP contribution in [0.5, 0.6) is 0 Å². The summed E-state index contributed by atoms with van der Waals surface area (Å²) in [5, 5.41) is 8.80. The van der Waals surface area contributed by atoms with Gasteiger partial charge in [-0.25, -0.2) is 10.9 Å². The van der Waals surface area contributed by atoms with Gasteiger partial charge in [0, 0.05) is 12.8 Å². The molecule has 2 amide bonds. The van der Waals surface area contributed by atoms with Crippen LogP contribution in [0.4, 0.5) is 0 Å². The molecule has 0 aliphatic carbocycles. The molecule has 2 rings (SSSR count). The fraction of sp³-hybridized carbons (Fsp3) is 0.467. The van der Waals surface area contributed by atoms with Crippen molar-refractivity contribution >= 4 is 23.2 Å². The number of carbonyl (C=O) groups is 2. The van der Waals surface area contributed by atoms with E-state index in [2.05, 4.69) is 48.7 Å². The molecule has 2 aromatic carbocycles. The van der Waals surface area contributed by atoms with E-state index in [0.717, 1.165) is 61.1 Å². The van der Waals surface area contributed by atoms with E-state index in [1.165, 1.54) is 0 Å². The van der Waals surface area contributed by atoms with Crippen LogP contribution in [0.25, 0.3) is 0 Å². The van der Waals surface area contributed by atoms with Crippen LogP contribution in [0.15, 0.2) is 70.9 Å². The summed E-state index contributed by atoms with van der Waals surface area (Å²) in [6.45, 7) is 8.56. The van der Waals surface area contributed by atoms with Gasteiger partial charge in [0.15, 0.2) is 0 Å². The van der Waals surface area contributed by atoms with E-state index in [4.69, 9.17) is 0 Å². The van der Waals surface area contributed by atoms with Crippen LogP contribution in [0.2, 0.25) is 0 Å². The van der Waals surface area contributed by atoms with Crippen LogP contribution in [0, 0.1) is 11.8 Å². The minimum atomic E-state index is -0.0714. The Hall–Kier alpha value is -3.28. The zero-order chi connectivity index (χ0) is 26.2. The molecule has 36 heavy (non-hydrogen) atoms. The van der Waals surface area contributed by atoms with Crippen LogP contribution in [-0.2, 0) is 9.59 Å². The number of nitrogens with one attached hydrogen (secondary N) is 2. The van der Waals surface area contributed by atoms with E-state index in [0.29, 0.717) is 24.7 Å². The third-order valence-corrected chi connectivity index (χ3v) is 5.61. The Balaban J connectivity index is 1.68. The number of benzene rings is 2. The quantitative estimate of drug-likeness (QED) is 0.171. The van der Waals surface area contributed by atoms with Crippen LogP contribution >= 0.6 is 0 Å². The highest BCUT2D eigenvalue weighted by atomic mass is 16.2. The molecule has 0 heterocycles. The number of hydrazone groups is 2. The van der Waals surface area contributed by atoms with Crippen molar-refractivity contribution in [2.75, 3.05) is 0 Å². The highest BCUT2D eigenvalue weighted by Gasteiger charge is 2.09. The van der Waals surface area contributed by atoms with Gasteiger partial charge in [0.1, 0.15) is 0 Å². The molecular weight excluding hydrogens is 448 g/mol. The number of nitrogens with zero attached hydrogens (tertiary/aromatic N) is 2. The van der Waals surface area contributed by atoms with Crippen molar-refractivity contribution in [1.29, 1.82) is 0 Å². The highest BCUT2D eigenvalue weighted by molar-refractivity contribution is 6.01. The van der Waals surface area contributed by atoms with Crippen LogP contribution < -0.4 is 10.9 Å². The van der Waals surface area contributed by atoms with Gasteiger partial charge in [0.05, 0.1) is 11.4 Å². The first-order valence-electron chi connectivity index (χ1n) is 13.2. The Morgan fingerprint density at radius 1 is 0.611 bits per heavy atom. The summed E-state index contributed by atoms with van der Waals surface area (Å²) < 4.78 is 0. The second kappa shape index (κ2) is 16.4. The Morgan fingerprint density at radius 2 is 0.972 bits per heavy atom. The summed E-state index contributed by atoms with van der Waals surface area (Å²) in [7, 11) is 0. The lowest BCUT2D eigenvalue weighted by Crippen LogP contribution is -2.21. The summed E-state index contributed by atoms with van der Waals surface area (Å²) >= 11 is 0. The normalized spacial score (nSPS) is 12.2. The van der Waals surface area contributed by atoms with Crippen molar-refractivity contribution in [3.63, 3.8) is 0 Å². The number of hydrogen-bond acceptors (Lipinski definition) is 4.